The Bertz CT molecular complexity index is 532. The summed E-state index contributed by atoms with van der Waals surface area (Å²) in [5.74, 6) is 2.17. The first kappa shape index (κ1) is 11.5. The first-order valence-electron chi connectivity index (χ1n) is 6.33. The van der Waals surface area contributed by atoms with E-state index in [1.165, 1.54) is 6.42 Å². The SMILES string of the molecule is COc1cccn2nc(CC3CCCOC3)nc12. The third-order valence-electron chi connectivity index (χ3n) is 3.32. The maximum Gasteiger partial charge on any atom is 0.198 e. The predicted molar refractivity (Wildman–Crippen MR) is 66.8 cm³/mol. The minimum atomic E-state index is 0.544. The molecule has 0 N–H and O–H groups in total. The number of pyridine rings is 1. The van der Waals surface area contributed by atoms with E-state index in [1.54, 1.807) is 11.6 Å². The lowest BCUT2D eigenvalue weighted by atomic mass is 9.98. The van der Waals surface area contributed by atoms with Crippen molar-refractivity contribution in [2.24, 2.45) is 5.92 Å². The molecule has 18 heavy (non-hydrogen) atoms. The van der Waals surface area contributed by atoms with Gasteiger partial charge in [-0.3, -0.25) is 0 Å². The van der Waals surface area contributed by atoms with Crippen LogP contribution in [0.4, 0.5) is 0 Å². The average Bonchev–Trinajstić information content (AvgIpc) is 2.82. The molecule has 3 rings (SSSR count). The van der Waals surface area contributed by atoms with Crippen molar-refractivity contribution in [3.63, 3.8) is 0 Å². The fourth-order valence-electron chi connectivity index (χ4n) is 2.40. The number of rotatable bonds is 3. The predicted octanol–water partition coefficient (Wildman–Crippen LogP) is 1.71. The molecule has 0 radical (unpaired) electrons. The smallest absolute Gasteiger partial charge is 0.198 e. The molecule has 1 saturated heterocycles. The van der Waals surface area contributed by atoms with E-state index in [0.717, 1.165) is 43.3 Å². The average molecular weight is 247 g/mol. The van der Waals surface area contributed by atoms with Crippen LogP contribution in [-0.4, -0.2) is 34.9 Å². The molecular formula is C13H17N3O2. The van der Waals surface area contributed by atoms with E-state index >= 15 is 0 Å². The summed E-state index contributed by atoms with van der Waals surface area (Å²) >= 11 is 0. The topological polar surface area (TPSA) is 48.7 Å². The van der Waals surface area contributed by atoms with Crippen LogP contribution >= 0.6 is 0 Å². The Morgan fingerprint density at radius 3 is 3.28 bits per heavy atom. The van der Waals surface area contributed by atoms with E-state index in [0.29, 0.717) is 5.92 Å². The molecule has 5 nitrogen and oxygen atoms in total. The number of hydrogen-bond donors (Lipinski definition) is 0. The molecule has 96 valence electrons. The van der Waals surface area contributed by atoms with Gasteiger partial charge in [-0.05, 0) is 30.9 Å². The Kier molecular flexibility index (Phi) is 3.15. The zero-order valence-electron chi connectivity index (χ0n) is 10.5. The summed E-state index contributed by atoms with van der Waals surface area (Å²) in [6, 6.07) is 3.81. The van der Waals surface area contributed by atoms with Crippen LogP contribution in [0, 0.1) is 5.92 Å². The van der Waals surface area contributed by atoms with E-state index in [-0.39, 0.29) is 0 Å². The van der Waals surface area contributed by atoms with Crippen LogP contribution in [0.5, 0.6) is 5.75 Å². The molecule has 5 heteroatoms. The van der Waals surface area contributed by atoms with E-state index in [2.05, 4.69) is 10.1 Å². The standard InChI is InChI=1S/C13H17N3O2/c1-17-11-5-2-6-16-13(11)14-12(15-16)8-10-4-3-7-18-9-10/h2,5-6,10H,3-4,7-9H2,1H3. The van der Waals surface area contributed by atoms with Crippen LogP contribution in [0.2, 0.25) is 0 Å². The molecule has 1 unspecified atom stereocenters. The fraction of sp³-hybridized carbons (Fsp3) is 0.538. The molecule has 1 atom stereocenters. The van der Waals surface area contributed by atoms with Gasteiger partial charge in [-0.1, -0.05) is 0 Å². The van der Waals surface area contributed by atoms with Gasteiger partial charge in [0.05, 0.1) is 7.11 Å². The number of fused-ring (bicyclic) bond motifs is 1. The van der Waals surface area contributed by atoms with Crippen LogP contribution in [0.25, 0.3) is 5.65 Å². The van der Waals surface area contributed by atoms with Crippen molar-refractivity contribution in [2.75, 3.05) is 20.3 Å². The monoisotopic (exact) mass is 247 g/mol. The Morgan fingerprint density at radius 2 is 2.50 bits per heavy atom. The van der Waals surface area contributed by atoms with Crippen LogP contribution in [-0.2, 0) is 11.2 Å². The molecule has 0 aromatic carbocycles. The summed E-state index contributed by atoms with van der Waals surface area (Å²) in [6.07, 6.45) is 5.12. The zero-order chi connectivity index (χ0) is 12.4. The molecule has 3 heterocycles. The Balaban J connectivity index is 1.84. The molecule has 1 aliphatic heterocycles. The van der Waals surface area contributed by atoms with Crippen molar-refractivity contribution < 1.29 is 9.47 Å². The van der Waals surface area contributed by atoms with Gasteiger partial charge in [0.2, 0.25) is 0 Å². The fourth-order valence-corrected chi connectivity index (χ4v) is 2.40. The number of aromatic nitrogens is 3. The first-order valence-corrected chi connectivity index (χ1v) is 6.33. The van der Waals surface area contributed by atoms with Crippen LogP contribution < -0.4 is 4.74 Å². The van der Waals surface area contributed by atoms with Crippen molar-refractivity contribution in [3.05, 3.63) is 24.2 Å². The second-order valence-corrected chi connectivity index (χ2v) is 4.66. The summed E-state index contributed by atoms with van der Waals surface area (Å²) in [5, 5.41) is 4.49. The van der Waals surface area contributed by atoms with Crippen molar-refractivity contribution >= 4 is 5.65 Å². The summed E-state index contributed by atoms with van der Waals surface area (Å²) in [7, 11) is 1.65. The van der Waals surface area contributed by atoms with Gasteiger partial charge in [-0.15, -0.1) is 0 Å². The summed E-state index contributed by atoms with van der Waals surface area (Å²) in [6.45, 7) is 1.72. The maximum atomic E-state index is 5.49. The molecular weight excluding hydrogens is 230 g/mol. The highest BCUT2D eigenvalue weighted by Crippen LogP contribution is 2.20. The second kappa shape index (κ2) is 4.94. The minimum absolute atomic E-state index is 0.544. The zero-order valence-corrected chi connectivity index (χ0v) is 10.5. The quantitative estimate of drug-likeness (QED) is 0.828. The number of hydrogen-bond acceptors (Lipinski definition) is 4. The lowest BCUT2D eigenvalue weighted by molar-refractivity contribution is 0.0543. The minimum Gasteiger partial charge on any atom is -0.493 e. The van der Waals surface area contributed by atoms with Crippen molar-refractivity contribution in [1.82, 2.24) is 14.6 Å². The maximum absolute atomic E-state index is 5.49. The molecule has 0 amide bonds. The summed E-state index contributed by atoms with van der Waals surface area (Å²) < 4.78 is 12.5. The second-order valence-electron chi connectivity index (χ2n) is 4.66. The van der Waals surface area contributed by atoms with Gasteiger partial charge < -0.3 is 9.47 Å². The molecule has 1 aliphatic rings. The third-order valence-corrected chi connectivity index (χ3v) is 3.32. The van der Waals surface area contributed by atoms with Crippen LogP contribution in [0.15, 0.2) is 18.3 Å². The van der Waals surface area contributed by atoms with Gasteiger partial charge in [0.25, 0.3) is 0 Å². The highest BCUT2D eigenvalue weighted by Gasteiger charge is 2.17. The summed E-state index contributed by atoms with van der Waals surface area (Å²) in [5.41, 5.74) is 0.784. The molecule has 1 fully saturated rings. The Hall–Kier alpha value is -1.62. The summed E-state index contributed by atoms with van der Waals surface area (Å²) in [4.78, 5) is 4.55. The number of nitrogens with zero attached hydrogens (tertiary/aromatic N) is 3. The first-order chi connectivity index (χ1) is 8.86. The van der Waals surface area contributed by atoms with Gasteiger partial charge in [0.1, 0.15) is 0 Å². The van der Waals surface area contributed by atoms with E-state index in [9.17, 15) is 0 Å². The van der Waals surface area contributed by atoms with Gasteiger partial charge >= 0.3 is 0 Å². The van der Waals surface area contributed by atoms with Gasteiger partial charge in [0, 0.05) is 25.8 Å². The molecule has 2 aromatic rings. The normalized spacial score (nSPS) is 20.2. The lowest BCUT2D eigenvalue weighted by Gasteiger charge is -2.20. The van der Waals surface area contributed by atoms with E-state index in [1.807, 2.05) is 18.3 Å². The third kappa shape index (κ3) is 2.18. The van der Waals surface area contributed by atoms with Crippen LogP contribution in [0.3, 0.4) is 0 Å². The molecule has 0 bridgehead atoms. The Labute approximate surface area is 106 Å². The van der Waals surface area contributed by atoms with Crippen LogP contribution in [0.1, 0.15) is 18.7 Å². The highest BCUT2D eigenvalue weighted by molar-refractivity contribution is 5.52. The van der Waals surface area contributed by atoms with Crippen molar-refractivity contribution in [3.8, 4) is 5.75 Å². The molecule has 0 spiro atoms. The van der Waals surface area contributed by atoms with Crippen molar-refractivity contribution in [2.45, 2.75) is 19.3 Å². The lowest BCUT2D eigenvalue weighted by Crippen LogP contribution is -2.19. The van der Waals surface area contributed by atoms with Crippen molar-refractivity contribution in [1.29, 1.82) is 0 Å². The Morgan fingerprint density at radius 1 is 1.56 bits per heavy atom. The van der Waals surface area contributed by atoms with Gasteiger partial charge in [-0.25, -0.2) is 9.50 Å². The molecule has 0 saturated carbocycles. The molecule has 0 aliphatic carbocycles. The number of methoxy groups -OCH3 is 1. The van der Waals surface area contributed by atoms with E-state index in [4.69, 9.17) is 9.47 Å². The largest absolute Gasteiger partial charge is 0.493 e. The molecule has 2 aromatic heterocycles. The van der Waals surface area contributed by atoms with E-state index < -0.39 is 0 Å². The van der Waals surface area contributed by atoms with Gasteiger partial charge in [-0.2, -0.15) is 5.10 Å². The van der Waals surface area contributed by atoms with Gasteiger partial charge in [0.15, 0.2) is 17.2 Å². The number of ether oxygens (including phenoxy) is 2. The highest BCUT2D eigenvalue weighted by atomic mass is 16.5.